The van der Waals surface area contributed by atoms with Crippen LogP contribution in [0.2, 0.25) is 0 Å². The number of furan rings is 1. The number of carboxylic acids is 1. The Morgan fingerprint density at radius 1 is 1.17 bits per heavy atom. The van der Waals surface area contributed by atoms with Crippen LogP contribution in [0, 0.1) is 0 Å². The molecule has 116 valence electrons. The molecule has 0 saturated heterocycles. The molecule has 3 rings (SSSR count). The summed E-state index contributed by atoms with van der Waals surface area (Å²) in [6.07, 6.45) is 0. The monoisotopic (exact) mass is 309 g/mol. The highest BCUT2D eigenvalue weighted by Crippen LogP contribution is 2.27. The van der Waals surface area contributed by atoms with E-state index in [9.17, 15) is 4.79 Å². The molecule has 0 spiro atoms. The largest absolute Gasteiger partial charge is 0.479 e. The van der Waals surface area contributed by atoms with Gasteiger partial charge in [-0.05, 0) is 24.6 Å². The van der Waals surface area contributed by atoms with E-state index >= 15 is 0 Å². The molecule has 0 unspecified atom stereocenters. The van der Waals surface area contributed by atoms with E-state index in [4.69, 9.17) is 14.4 Å². The highest BCUT2D eigenvalue weighted by atomic mass is 16.6. The van der Waals surface area contributed by atoms with E-state index in [0.29, 0.717) is 5.71 Å². The first-order valence-electron chi connectivity index (χ1n) is 7.11. The van der Waals surface area contributed by atoms with Gasteiger partial charge in [0.25, 0.3) is 0 Å². The zero-order chi connectivity index (χ0) is 16.2. The van der Waals surface area contributed by atoms with Crippen molar-refractivity contribution in [3.8, 4) is 11.3 Å². The summed E-state index contributed by atoms with van der Waals surface area (Å²) in [4.78, 5) is 15.1. The first-order chi connectivity index (χ1) is 11.1. The maximum absolute atomic E-state index is 10.4. The summed E-state index contributed by atoms with van der Waals surface area (Å²) in [7, 11) is 0. The normalized spacial score (nSPS) is 11.6. The van der Waals surface area contributed by atoms with Gasteiger partial charge in [0, 0.05) is 10.9 Å². The molecule has 5 heteroatoms. The number of oxime groups is 1. The summed E-state index contributed by atoms with van der Waals surface area (Å²) in [6, 6.07) is 17.5. The fraction of sp³-hybridized carbons (Fsp3) is 0.111. The summed E-state index contributed by atoms with van der Waals surface area (Å²) in [5.41, 5.74) is 3.29. The number of carbonyl (C=O) groups is 1. The van der Waals surface area contributed by atoms with Gasteiger partial charge in [0.05, 0.1) is 5.71 Å². The van der Waals surface area contributed by atoms with Crippen LogP contribution >= 0.6 is 0 Å². The van der Waals surface area contributed by atoms with Crippen molar-refractivity contribution in [2.75, 3.05) is 6.61 Å². The molecule has 0 aliphatic rings. The number of benzene rings is 2. The predicted octanol–water partition coefficient (Wildman–Crippen LogP) is 3.93. The number of hydrogen-bond acceptors (Lipinski definition) is 4. The van der Waals surface area contributed by atoms with Crippen molar-refractivity contribution >= 4 is 22.7 Å². The Kier molecular flexibility index (Phi) is 4.10. The number of hydrogen-bond donors (Lipinski definition) is 1. The molecule has 23 heavy (non-hydrogen) atoms. The zero-order valence-electron chi connectivity index (χ0n) is 12.5. The van der Waals surface area contributed by atoms with Crippen LogP contribution in [0.25, 0.3) is 22.3 Å². The smallest absolute Gasteiger partial charge is 0.344 e. The molecule has 0 fully saturated rings. The Balaban J connectivity index is 1.80. The van der Waals surface area contributed by atoms with E-state index in [0.717, 1.165) is 27.9 Å². The summed E-state index contributed by atoms with van der Waals surface area (Å²) in [5, 5.41) is 13.4. The van der Waals surface area contributed by atoms with Gasteiger partial charge in [0.1, 0.15) is 11.3 Å². The molecule has 0 radical (unpaired) electrons. The first kappa shape index (κ1) is 14.8. The van der Waals surface area contributed by atoms with Crippen LogP contribution in [0.1, 0.15) is 12.5 Å². The third-order valence-electron chi connectivity index (χ3n) is 3.40. The molecule has 0 saturated carbocycles. The van der Waals surface area contributed by atoms with E-state index in [2.05, 4.69) is 5.16 Å². The number of para-hydroxylation sites is 1. The summed E-state index contributed by atoms with van der Waals surface area (Å²) in [5.74, 6) is -0.253. The standard InChI is InChI=1S/C18H15NO4/c1-12(19-22-11-18(20)21)13-6-8-14(9-7-13)17-10-15-4-2-3-5-16(15)23-17/h2-10H,11H2,1H3,(H,20,21)/b19-12+. The highest BCUT2D eigenvalue weighted by molar-refractivity contribution is 5.98. The Bertz CT molecular complexity index is 829. The van der Waals surface area contributed by atoms with Crippen LogP contribution in [-0.4, -0.2) is 23.4 Å². The molecular formula is C18H15NO4. The molecule has 5 nitrogen and oxygen atoms in total. The van der Waals surface area contributed by atoms with Crippen LogP contribution in [0.4, 0.5) is 0 Å². The molecule has 3 aromatic rings. The van der Waals surface area contributed by atoms with Gasteiger partial charge in [-0.1, -0.05) is 47.6 Å². The fourth-order valence-electron chi connectivity index (χ4n) is 2.24. The minimum absolute atomic E-state index is 0.450. The molecule has 0 bridgehead atoms. The molecule has 0 atom stereocenters. The van der Waals surface area contributed by atoms with Crippen molar-refractivity contribution in [2.45, 2.75) is 6.92 Å². The highest BCUT2D eigenvalue weighted by Gasteiger charge is 2.06. The van der Waals surface area contributed by atoms with Gasteiger partial charge in [-0.15, -0.1) is 0 Å². The van der Waals surface area contributed by atoms with Crippen molar-refractivity contribution in [3.05, 3.63) is 60.2 Å². The van der Waals surface area contributed by atoms with Crippen molar-refractivity contribution in [1.82, 2.24) is 0 Å². The lowest BCUT2D eigenvalue weighted by atomic mass is 10.1. The Morgan fingerprint density at radius 2 is 1.91 bits per heavy atom. The second-order valence-corrected chi connectivity index (χ2v) is 5.07. The lowest BCUT2D eigenvalue weighted by Gasteiger charge is -2.02. The SMILES string of the molecule is C/C(=N\OCC(=O)O)c1ccc(-c2cc3ccccc3o2)cc1. The third-order valence-corrected chi connectivity index (χ3v) is 3.40. The first-order valence-corrected chi connectivity index (χ1v) is 7.11. The second kappa shape index (κ2) is 6.36. The maximum atomic E-state index is 10.4. The van der Waals surface area contributed by atoms with Crippen LogP contribution in [0.5, 0.6) is 0 Å². The van der Waals surface area contributed by atoms with Crippen LogP contribution in [-0.2, 0) is 9.63 Å². The molecular weight excluding hydrogens is 294 g/mol. The van der Waals surface area contributed by atoms with Crippen LogP contribution in [0.15, 0.2) is 64.2 Å². The van der Waals surface area contributed by atoms with Crippen molar-refractivity contribution in [1.29, 1.82) is 0 Å². The summed E-state index contributed by atoms with van der Waals surface area (Å²) >= 11 is 0. The van der Waals surface area contributed by atoms with E-state index in [-0.39, 0.29) is 0 Å². The number of carboxylic acid groups (broad SMARTS) is 1. The molecule has 0 amide bonds. The summed E-state index contributed by atoms with van der Waals surface area (Å²) < 4.78 is 5.83. The van der Waals surface area contributed by atoms with E-state index in [1.165, 1.54) is 0 Å². The van der Waals surface area contributed by atoms with Crippen LogP contribution < -0.4 is 0 Å². The Morgan fingerprint density at radius 3 is 2.61 bits per heavy atom. The number of fused-ring (bicyclic) bond motifs is 1. The van der Waals surface area contributed by atoms with Gasteiger partial charge in [0.15, 0.2) is 0 Å². The second-order valence-electron chi connectivity index (χ2n) is 5.07. The minimum atomic E-state index is -1.05. The van der Waals surface area contributed by atoms with Gasteiger partial charge in [0.2, 0.25) is 6.61 Å². The van der Waals surface area contributed by atoms with Gasteiger partial charge < -0.3 is 14.4 Å². The van der Waals surface area contributed by atoms with Crippen molar-refractivity contribution < 1.29 is 19.2 Å². The van der Waals surface area contributed by atoms with Gasteiger partial charge in [-0.3, -0.25) is 0 Å². The topological polar surface area (TPSA) is 72.0 Å². The Hall–Kier alpha value is -3.08. The van der Waals surface area contributed by atoms with Gasteiger partial charge in [-0.25, -0.2) is 4.79 Å². The molecule has 0 aliphatic heterocycles. The molecule has 1 N–H and O–H groups in total. The van der Waals surface area contributed by atoms with Crippen molar-refractivity contribution in [2.24, 2.45) is 5.16 Å². The number of aliphatic carboxylic acids is 1. The average molecular weight is 309 g/mol. The van der Waals surface area contributed by atoms with E-state index < -0.39 is 12.6 Å². The average Bonchev–Trinajstić information content (AvgIpc) is 2.98. The van der Waals surface area contributed by atoms with Crippen LogP contribution in [0.3, 0.4) is 0 Å². The fourth-order valence-corrected chi connectivity index (χ4v) is 2.24. The minimum Gasteiger partial charge on any atom is -0.479 e. The van der Waals surface area contributed by atoms with Gasteiger partial charge >= 0.3 is 5.97 Å². The third kappa shape index (κ3) is 3.40. The van der Waals surface area contributed by atoms with E-state index in [1.54, 1.807) is 6.92 Å². The molecule has 1 heterocycles. The summed E-state index contributed by atoms with van der Waals surface area (Å²) in [6.45, 7) is 1.31. The maximum Gasteiger partial charge on any atom is 0.344 e. The Labute approximate surface area is 132 Å². The number of rotatable bonds is 5. The molecule has 1 aromatic heterocycles. The molecule has 0 aliphatic carbocycles. The lowest BCUT2D eigenvalue weighted by Crippen LogP contribution is -2.05. The van der Waals surface area contributed by atoms with Gasteiger partial charge in [-0.2, -0.15) is 0 Å². The zero-order valence-corrected chi connectivity index (χ0v) is 12.5. The lowest BCUT2D eigenvalue weighted by molar-refractivity contribution is -0.142. The van der Waals surface area contributed by atoms with E-state index in [1.807, 2.05) is 54.6 Å². The number of nitrogens with zero attached hydrogens (tertiary/aromatic N) is 1. The van der Waals surface area contributed by atoms with Crippen molar-refractivity contribution in [3.63, 3.8) is 0 Å². The predicted molar refractivity (Wildman–Crippen MR) is 87.4 cm³/mol. The quantitative estimate of drug-likeness (QED) is 0.572. The molecule has 2 aromatic carbocycles.